The van der Waals surface area contributed by atoms with Crippen LogP contribution in [0, 0.1) is 0 Å². The first-order chi connectivity index (χ1) is 11.7. The molecule has 2 N–H and O–H groups in total. The summed E-state index contributed by atoms with van der Waals surface area (Å²) in [5.74, 6) is -0.118. The first-order valence-electron chi connectivity index (χ1n) is 7.15. The molecule has 2 aromatic carbocycles. The van der Waals surface area contributed by atoms with Gasteiger partial charge in [0.25, 0.3) is 0 Å². The number of rotatable bonds is 6. The van der Waals surface area contributed by atoms with Crippen molar-refractivity contribution >= 4 is 49.1 Å². The van der Waals surface area contributed by atoms with Gasteiger partial charge in [-0.2, -0.15) is 4.72 Å². The van der Waals surface area contributed by atoms with E-state index in [9.17, 15) is 13.2 Å². The van der Waals surface area contributed by atoms with Crippen LogP contribution in [0.1, 0.15) is 6.92 Å². The van der Waals surface area contributed by atoms with Crippen molar-refractivity contribution in [2.24, 2.45) is 0 Å². The second kappa shape index (κ2) is 8.18. The molecule has 0 aliphatic rings. The van der Waals surface area contributed by atoms with Crippen LogP contribution in [0.2, 0.25) is 5.02 Å². The molecule has 9 heteroatoms. The number of sulfonamides is 1. The quantitative estimate of drug-likeness (QED) is 0.711. The van der Waals surface area contributed by atoms with Crippen molar-refractivity contribution in [2.45, 2.75) is 17.9 Å². The first-order valence-corrected chi connectivity index (χ1v) is 9.80. The molecule has 0 fully saturated rings. The van der Waals surface area contributed by atoms with E-state index in [1.54, 1.807) is 24.3 Å². The molecular formula is C16H16BrClN2O4S. The van der Waals surface area contributed by atoms with Crippen LogP contribution in [0.4, 0.5) is 5.69 Å². The maximum absolute atomic E-state index is 12.4. The van der Waals surface area contributed by atoms with Gasteiger partial charge in [-0.1, -0.05) is 27.5 Å². The Morgan fingerprint density at radius 1 is 1.20 bits per heavy atom. The zero-order valence-corrected chi connectivity index (χ0v) is 16.6. The predicted octanol–water partition coefficient (Wildman–Crippen LogP) is 3.42. The summed E-state index contributed by atoms with van der Waals surface area (Å²) in [7, 11) is -2.48. The average Bonchev–Trinajstić information content (AvgIpc) is 2.56. The molecule has 1 amide bonds. The normalized spacial score (nSPS) is 12.5. The molecular weight excluding hydrogens is 432 g/mol. The van der Waals surface area contributed by atoms with Gasteiger partial charge in [-0.25, -0.2) is 8.42 Å². The number of halogens is 2. The molecule has 25 heavy (non-hydrogen) atoms. The van der Waals surface area contributed by atoms with Gasteiger partial charge < -0.3 is 10.1 Å². The van der Waals surface area contributed by atoms with E-state index in [1.165, 1.54) is 32.2 Å². The van der Waals surface area contributed by atoms with Crippen LogP contribution in [0.15, 0.2) is 51.8 Å². The second-order valence-electron chi connectivity index (χ2n) is 5.14. The number of hydrogen-bond donors (Lipinski definition) is 2. The summed E-state index contributed by atoms with van der Waals surface area (Å²) in [6, 6.07) is 10.0. The van der Waals surface area contributed by atoms with E-state index in [0.717, 1.165) is 4.47 Å². The Hall–Kier alpha value is -1.61. The van der Waals surface area contributed by atoms with Crippen molar-refractivity contribution in [1.29, 1.82) is 0 Å². The van der Waals surface area contributed by atoms with Crippen LogP contribution >= 0.6 is 27.5 Å². The molecule has 0 aliphatic heterocycles. The fraction of sp³-hybridized carbons (Fsp3) is 0.188. The van der Waals surface area contributed by atoms with Gasteiger partial charge >= 0.3 is 0 Å². The summed E-state index contributed by atoms with van der Waals surface area (Å²) >= 11 is 9.25. The Morgan fingerprint density at radius 3 is 2.40 bits per heavy atom. The van der Waals surface area contributed by atoms with Crippen LogP contribution < -0.4 is 14.8 Å². The van der Waals surface area contributed by atoms with E-state index < -0.39 is 22.0 Å². The Labute approximate surface area is 159 Å². The first kappa shape index (κ1) is 19.7. The van der Waals surface area contributed by atoms with Crippen molar-refractivity contribution < 1.29 is 17.9 Å². The van der Waals surface area contributed by atoms with E-state index in [-0.39, 0.29) is 9.92 Å². The lowest BCUT2D eigenvalue weighted by Crippen LogP contribution is -2.41. The van der Waals surface area contributed by atoms with Crippen molar-refractivity contribution in [3.8, 4) is 5.75 Å². The van der Waals surface area contributed by atoms with Crippen LogP contribution in [0.5, 0.6) is 5.75 Å². The van der Waals surface area contributed by atoms with Gasteiger partial charge in [0.2, 0.25) is 15.9 Å². The topological polar surface area (TPSA) is 84.5 Å². The van der Waals surface area contributed by atoms with E-state index in [4.69, 9.17) is 16.3 Å². The van der Waals surface area contributed by atoms with Gasteiger partial charge in [-0.05, 0) is 49.4 Å². The lowest BCUT2D eigenvalue weighted by Gasteiger charge is -2.15. The summed E-state index contributed by atoms with van der Waals surface area (Å²) in [6.45, 7) is 1.46. The molecule has 0 heterocycles. The zero-order chi connectivity index (χ0) is 18.6. The third kappa shape index (κ3) is 5.18. The molecule has 1 atom stereocenters. The molecule has 134 valence electrons. The number of anilines is 1. The zero-order valence-electron chi connectivity index (χ0n) is 13.4. The smallest absolute Gasteiger partial charge is 0.242 e. The van der Waals surface area contributed by atoms with Crippen molar-refractivity contribution in [3.05, 3.63) is 52.0 Å². The largest absolute Gasteiger partial charge is 0.495 e. The summed E-state index contributed by atoms with van der Waals surface area (Å²) in [4.78, 5) is 12.1. The average molecular weight is 448 g/mol. The van der Waals surface area contributed by atoms with Gasteiger partial charge in [-0.15, -0.1) is 0 Å². The monoisotopic (exact) mass is 446 g/mol. The molecule has 2 aromatic rings. The molecule has 2 rings (SSSR count). The number of carbonyl (C=O) groups is 1. The lowest BCUT2D eigenvalue weighted by atomic mass is 10.3. The summed E-state index contributed by atoms with van der Waals surface area (Å²) in [6.07, 6.45) is 0. The lowest BCUT2D eigenvalue weighted by molar-refractivity contribution is -0.117. The van der Waals surface area contributed by atoms with Gasteiger partial charge in [0.15, 0.2) is 0 Å². The third-order valence-electron chi connectivity index (χ3n) is 3.27. The van der Waals surface area contributed by atoms with E-state index in [1.807, 2.05) is 0 Å². The SMILES string of the molecule is COc1ccc(S(=O)(=O)N[C@H](C)C(=O)Nc2ccc(Br)cc2)cc1Cl. The highest BCUT2D eigenvalue weighted by Gasteiger charge is 2.23. The number of hydrogen-bond acceptors (Lipinski definition) is 4. The number of amides is 1. The number of nitrogens with one attached hydrogen (secondary N) is 2. The molecule has 6 nitrogen and oxygen atoms in total. The Kier molecular flexibility index (Phi) is 6.45. The minimum absolute atomic E-state index is 0.0541. The Balaban J connectivity index is 2.09. The maximum Gasteiger partial charge on any atom is 0.242 e. The van der Waals surface area contributed by atoms with E-state index in [0.29, 0.717) is 11.4 Å². The Morgan fingerprint density at radius 2 is 1.84 bits per heavy atom. The maximum atomic E-state index is 12.4. The second-order valence-corrected chi connectivity index (χ2v) is 8.17. The van der Waals surface area contributed by atoms with Crippen molar-refractivity contribution in [3.63, 3.8) is 0 Å². The highest BCUT2D eigenvalue weighted by Crippen LogP contribution is 2.27. The molecule has 0 spiro atoms. The summed E-state index contributed by atoms with van der Waals surface area (Å²) in [5.41, 5.74) is 0.562. The summed E-state index contributed by atoms with van der Waals surface area (Å²) < 4.78 is 33.0. The fourth-order valence-corrected chi connectivity index (χ4v) is 3.77. The van der Waals surface area contributed by atoms with Crippen LogP contribution in [0.3, 0.4) is 0 Å². The minimum atomic E-state index is -3.91. The number of methoxy groups -OCH3 is 1. The molecule has 0 saturated heterocycles. The van der Waals surface area contributed by atoms with Crippen LogP contribution in [0.25, 0.3) is 0 Å². The highest BCUT2D eigenvalue weighted by molar-refractivity contribution is 9.10. The van der Waals surface area contributed by atoms with Gasteiger partial charge in [0.05, 0.1) is 23.1 Å². The number of ether oxygens (including phenoxy) is 1. The number of carbonyl (C=O) groups excluding carboxylic acids is 1. The van der Waals surface area contributed by atoms with Gasteiger partial charge in [0, 0.05) is 10.2 Å². The molecule has 0 unspecified atom stereocenters. The molecule has 0 aliphatic carbocycles. The van der Waals surface area contributed by atoms with Crippen molar-refractivity contribution in [2.75, 3.05) is 12.4 Å². The third-order valence-corrected chi connectivity index (χ3v) is 5.63. The molecule has 0 saturated carbocycles. The fourth-order valence-electron chi connectivity index (χ4n) is 1.95. The minimum Gasteiger partial charge on any atom is -0.495 e. The highest BCUT2D eigenvalue weighted by atomic mass is 79.9. The van der Waals surface area contributed by atoms with E-state index >= 15 is 0 Å². The molecule has 0 aromatic heterocycles. The van der Waals surface area contributed by atoms with Crippen LogP contribution in [-0.2, 0) is 14.8 Å². The Bertz CT molecular complexity index is 872. The molecule has 0 bridgehead atoms. The standard InChI is InChI=1S/C16H16BrClN2O4S/c1-10(16(21)19-12-5-3-11(17)4-6-12)20-25(22,23)13-7-8-15(24-2)14(18)9-13/h3-10,20H,1-2H3,(H,19,21)/t10-/m1/s1. The van der Waals surface area contributed by atoms with Gasteiger partial charge in [0.1, 0.15) is 5.75 Å². The predicted molar refractivity (Wildman–Crippen MR) is 101 cm³/mol. The van der Waals surface area contributed by atoms with Gasteiger partial charge in [-0.3, -0.25) is 4.79 Å². The van der Waals surface area contributed by atoms with Crippen molar-refractivity contribution in [1.82, 2.24) is 4.72 Å². The summed E-state index contributed by atoms with van der Waals surface area (Å²) in [5, 5.41) is 2.80. The number of benzene rings is 2. The van der Waals surface area contributed by atoms with E-state index in [2.05, 4.69) is 26.0 Å². The molecule has 0 radical (unpaired) electrons. The van der Waals surface area contributed by atoms with Crippen LogP contribution in [-0.4, -0.2) is 27.5 Å².